The number of ketones is 1. The Kier molecular flexibility index (Phi) is 6.11. The predicted octanol–water partition coefficient (Wildman–Crippen LogP) is 5.82. The van der Waals surface area contributed by atoms with Crippen LogP contribution in [0.25, 0.3) is 0 Å². The van der Waals surface area contributed by atoms with Crippen LogP contribution in [0.1, 0.15) is 85.0 Å². The minimum absolute atomic E-state index is 0.151. The van der Waals surface area contributed by atoms with Crippen molar-refractivity contribution in [3.8, 4) is 0 Å². The number of aliphatic hydroxyl groups is 1. The quantitative estimate of drug-likeness (QED) is 0.513. The number of hydrogen-bond acceptors (Lipinski definition) is 2. The maximum atomic E-state index is 12.4. The van der Waals surface area contributed by atoms with Crippen molar-refractivity contribution in [2.45, 2.75) is 85.0 Å². The van der Waals surface area contributed by atoms with Gasteiger partial charge in [0.25, 0.3) is 0 Å². The molecule has 0 aliphatic heterocycles. The molecule has 2 aliphatic rings. The van der Waals surface area contributed by atoms with Gasteiger partial charge in [0.15, 0.2) is 5.78 Å². The minimum Gasteiger partial charge on any atom is -0.512 e. The molecule has 2 aliphatic carbocycles. The Morgan fingerprint density at radius 3 is 2.36 bits per heavy atom. The van der Waals surface area contributed by atoms with Gasteiger partial charge < -0.3 is 5.11 Å². The van der Waals surface area contributed by atoms with Crippen LogP contribution in [0, 0.1) is 23.2 Å². The minimum atomic E-state index is 0.151. The summed E-state index contributed by atoms with van der Waals surface area (Å²) in [5.41, 5.74) is 0.537. The van der Waals surface area contributed by atoms with Crippen LogP contribution in [0.15, 0.2) is 11.8 Å². The lowest BCUT2D eigenvalue weighted by Gasteiger charge is -2.44. The third kappa shape index (κ3) is 4.14. The van der Waals surface area contributed by atoms with E-state index >= 15 is 0 Å². The second-order valence-corrected chi connectivity index (χ2v) is 7.96. The fourth-order valence-electron chi connectivity index (χ4n) is 4.83. The molecule has 0 bridgehead atoms. The average Bonchev–Trinajstić information content (AvgIpc) is 2.49. The first-order valence-corrected chi connectivity index (χ1v) is 9.44. The van der Waals surface area contributed by atoms with Crippen LogP contribution in [0.5, 0.6) is 0 Å². The van der Waals surface area contributed by atoms with Crippen LogP contribution in [0.4, 0.5) is 0 Å². The van der Waals surface area contributed by atoms with E-state index in [4.69, 9.17) is 0 Å². The summed E-state index contributed by atoms with van der Waals surface area (Å²) in [5, 5.41) is 10.1. The molecule has 0 aromatic carbocycles. The molecule has 126 valence electrons. The largest absolute Gasteiger partial charge is 0.512 e. The highest BCUT2D eigenvalue weighted by Gasteiger charge is 2.39. The first-order valence-electron chi connectivity index (χ1n) is 9.44. The van der Waals surface area contributed by atoms with Crippen molar-refractivity contribution < 1.29 is 9.90 Å². The fraction of sp³-hybridized carbons (Fsp3) is 0.850. The number of carbonyl (C=O) groups is 1. The highest BCUT2D eigenvalue weighted by molar-refractivity contribution is 5.92. The van der Waals surface area contributed by atoms with E-state index in [1.807, 2.05) is 0 Å². The van der Waals surface area contributed by atoms with Gasteiger partial charge in [0, 0.05) is 17.9 Å². The van der Waals surface area contributed by atoms with Crippen LogP contribution in [-0.2, 0) is 4.79 Å². The first-order chi connectivity index (χ1) is 10.5. The Bertz CT molecular complexity index is 398. The summed E-state index contributed by atoms with van der Waals surface area (Å²) in [6.45, 7) is 6.52. The summed E-state index contributed by atoms with van der Waals surface area (Å²) in [4.78, 5) is 12.4. The lowest BCUT2D eigenvalue weighted by atomic mass is 9.60. The van der Waals surface area contributed by atoms with Crippen molar-refractivity contribution in [3.05, 3.63) is 11.8 Å². The first kappa shape index (κ1) is 17.6. The van der Waals surface area contributed by atoms with Crippen molar-refractivity contribution in [1.29, 1.82) is 0 Å². The molecule has 0 heterocycles. The van der Waals surface area contributed by atoms with E-state index in [9.17, 15) is 9.90 Å². The van der Waals surface area contributed by atoms with E-state index in [-0.39, 0.29) is 17.6 Å². The SMILES string of the molecule is CCC(CC)/C(O)=C/C(=O)C1CCC2(CCCC(C)C2)CC1. The van der Waals surface area contributed by atoms with E-state index in [1.54, 1.807) is 6.08 Å². The van der Waals surface area contributed by atoms with Gasteiger partial charge in [-0.05, 0) is 62.7 Å². The average molecular weight is 306 g/mol. The molecule has 2 rings (SSSR count). The van der Waals surface area contributed by atoms with Gasteiger partial charge in [-0.2, -0.15) is 0 Å². The number of rotatable bonds is 5. The van der Waals surface area contributed by atoms with Crippen molar-refractivity contribution in [2.75, 3.05) is 0 Å². The van der Waals surface area contributed by atoms with Crippen LogP contribution >= 0.6 is 0 Å². The van der Waals surface area contributed by atoms with Crippen LogP contribution < -0.4 is 0 Å². The fourth-order valence-corrected chi connectivity index (χ4v) is 4.83. The molecule has 0 saturated heterocycles. The molecule has 0 aromatic heterocycles. The summed E-state index contributed by atoms with van der Waals surface area (Å²) in [6, 6.07) is 0. The highest BCUT2D eigenvalue weighted by Crippen LogP contribution is 2.50. The van der Waals surface area contributed by atoms with Gasteiger partial charge in [0.1, 0.15) is 0 Å². The van der Waals surface area contributed by atoms with Crippen molar-refractivity contribution in [2.24, 2.45) is 23.2 Å². The molecule has 2 fully saturated rings. The lowest BCUT2D eigenvalue weighted by molar-refractivity contribution is -0.120. The second kappa shape index (κ2) is 7.66. The summed E-state index contributed by atoms with van der Waals surface area (Å²) in [5.74, 6) is 1.64. The molecule has 2 saturated carbocycles. The van der Waals surface area contributed by atoms with Gasteiger partial charge in [-0.1, -0.05) is 33.6 Å². The molecule has 1 atom stereocenters. The van der Waals surface area contributed by atoms with Crippen LogP contribution in [0.2, 0.25) is 0 Å². The molecule has 1 spiro atoms. The number of carbonyl (C=O) groups excluding carboxylic acids is 1. The van der Waals surface area contributed by atoms with Crippen molar-refractivity contribution in [1.82, 2.24) is 0 Å². The zero-order chi connectivity index (χ0) is 16.2. The Hall–Kier alpha value is -0.790. The summed E-state index contributed by atoms with van der Waals surface area (Å²) < 4.78 is 0. The van der Waals surface area contributed by atoms with Gasteiger partial charge >= 0.3 is 0 Å². The standard InChI is InChI=1S/C20H34O2/c1-4-16(5-2)18(21)13-19(22)17-8-11-20(12-9-17)10-6-7-15(3)14-20/h13,15-17,21H,4-12,14H2,1-3H3/b18-13-. The molecule has 1 N–H and O–H groups in total. The maximum absolute atomic E-state index is 12.4. The molecular weight excluding hydrogens is 272 g/mol. The molecule has 0 radical (unpaired) electrons. The number of aliphatic hydroxyl groups excluding tert-OH is 1. The van der Waals surface area contributed by atoms with E-state index in [0.717, 1.165) is 31.6 Å². The van der Waals surface area contributed by atoms with Gasteiger partial charge in [0.2, 0.25) is 0 Å². The number of allylic oxidation sites excluding steroid dienone is 2. The van der Waals surface area contributed by atoms with Gasteiger partial charge in [-0.25, -0.2) is 0 Å². The molecule has 2 nitrogen and oxygen atoms in total. The van der Waals surface area contributed by atoms with Gasteiger partial charge in [0.05, 0.1) is 5.76 Å². The van der Waals surface area contributed by atoms with Crippen LogP contribution in [-0.4, -0.2) is 10.9 Å². The normalized spacial score (nSPS) is 33.4. The topological polar surface area (TPSA) is 37.3 Å². The zero-order valence-electron chi connectivity index (χ0n) is 14.7. The summed E-state index contributed by atoms with van der Waals surface area (Å²) >= 11 is 0. The third-order valence-electron chi connectivity index (χ3n) is 6.33. The van der Waals surface area contributed by atoms with E-state index in [0.29, 0.717) is 11.2 Å². The molecule has 1 unspecified atom stereocenters. The van der Waals surface area contributed by atoms with Crippen molar-refractivity contribution >= 4 is 5.78 Å². The predicted molar refractivity (Wildman–Crippen MR) is 91.8 cm³/mol. The molecule has 0 amide bonds. The van der Waals surface area contributed by atoms with Gasteiger partial charge in [-0.15, -0.1) is 0 Å². The summed E-state index contributed by atoms with van der Waals surface area (Å²) in [7, 11) is 0. The lowest BCUT2D eigenvalue weighted by Crippen LogP contribution is -2.34. The van der Waals surface area contributed by atoms with E-state index in [1.165, 1.54) is 38.5 Å². The van der Waals surface area contributed by atoms with E-state index < -0.39 is 0 Å². The Morgan fingerprint density at radius 1 is 1.18 bits per heavy atom. The van der Waals surface area contributed by atoms with Gasteiger partial charge in [-0.3, -0.25) is 4.79 Å². The van der Waals surface area contributed by atoms with Crippen LogP contribution in [0.3, 0.4) is 0 Å². The third-order valence-corrected chi connectivity index (χ3v) is 6.33. The molecule has 22 heavy (non-hydrogen) atoms. The summed E-state index contributed by atoms with van der Waals surface area (Å²) in [6.07, 6.45) is 13.3. The Morgan fingerprint density at radius 2 is 1.82 bits per heavy atom. The maximum Gasteiger partial charge on any atom is 0.162 e. The molecular formula is C20H34O2. The molecule has 0 aromatic rings. The smallest absolute Gasteiger partial charge is 0.162 e. The highest BCUT2D eigenvalue weighted by atomic mass is 16.3. The van der Waals surface area contributed by atoms with Crippen molar-refractivity contribution in [3.63, 3.8) is 0 Å². The Balaban J connectivity index is 1.91. The Labute approximate surface area is 136 Å². The monoisotopic (exact) mass is 306 g/mol. The number of hydrogen-bond donors (Lipinski definition) is 1. The zero-order valence-corrected chi connectivity index (χ0v) is 14.7. The second-order valence-electron chi connectivity index (χ2n) is 7.96. The van der Waals surface area contributed by atoms with E-state index in [2.05, 4.69) is 20.8 Å². The molecule has 2 heteroatoms.